The molecule has 0 atom stereocenters. The fourth-order valence-electron chi connectivity index (χ4n) is 3.70. The van der Waals surface area contributed by atoms with E-state index in [0.29, 0.717) is 11.5 Å². The lowest BCUT2D eigenvalue weighted by Gasteiger charge is -2.27. The highest BCUT2D eigenvalue weighted by Crippen LogP contribution is 2.40. The van der Waals surface area contributed by atoms with E-state index in [4.69, 9.17) is 4.74 Å². The van der Waals surface area contributed by atoms with Crippen molar-refractivity contribution < 1.29 is 20.1 Å². The molecule has 0 heterocycles. The summed E-state index contributed by atoms with van der Waals surface area (Å²) in [5.74, 6) is 1.60. The summed E-state index contributed by atoms with van der Waals surface area (Å²) in [7, 11) is 0. The van der Waals surface area contributed by atoms with Gasteiger partial charge in [-0.1, -0.05) is 12.1 Å². The molecule has 0 aromatic heterocycles. The molecule has 0 aliphatic carbocycles. The van der Waals surface area contributed by atoms with E-state index >= 15 is 0 Å². The van der Waals surface area contributed by atoms with Gasteiger partial charge in [-0.3, -0.25) is 0 Å². The van der Waals surface area contributed by atoms with Gasteiger partial charge in [-0.15, -0.1) is 0 Å². The first-order valence-corrected chi connectivity index (χ1v) is 10.3. The summed E-state index contributed by atoms with van der Waals surface area (Å²) in [6, 6.07) is 23.2. The van der Waals surface area contributed by atoms with Crippen LogP contribution in [-0.2, 0) is 0 Å². The molecule has 3 N–H and O–H groups in total. The molecule has 0 amide bonds. The quantitative estimate of drug-likeness (QED) is 0.320. The molecular weight excluding hydrogens is 402 g/mol. The van der Waals surface area contributed by atoms with Gasteiger partial charge in [0.25, 0.3) is 0 Å². The van der Waals surface area contributed by atoms with E-state index in [9.17, 15) is 15.3 Å². The Morgan fingerprint density at radius 2 is 1.22 bits per heavy atom. The maximum Gasteiger partial charge on any atom is 0.134 e. The number of phenols is 3. The third kappa shape index (κ3) is 4.62. The molecule has 162 valence electrons. The Morgan fingerprint density at radius 3 is 1.81 bits per heavy atom. The van der Waals surface area contributed by atoms with E-state index in [1.54, 1.807) is 42.5 Å². The van der Waals surface area contributed by atoms with E-state index in [1.165, 1.54) is 0 Å². The minimum atomic E-state index is 0.133. The van der Waals surface area contributed by atoms with Gasteiger partial charge < -0.3 is 25.0 Å². The summed E-state index contributed by atoms with van der Waals surface area (Å²) in [5.41, 5.74) is 5.00. The molecule has 0 saturated heterocycles. The number of phenolic OH excluding ortho intramolecular Hbond substituents is 3. The zero-order valence-electron chi connectivity index (χ0n) is 18.2. The van der Waals surface area contributed by atoms with Gasteiger partial charge in [-0.05, 0) is 79.9 Å². The smallest absolute Gasteiger partial charge is 0.134 e. The van der Waals surface area contributed by atoms with Crippen molar-refractivity contribution in [1.82, 2.24) is 0 Å². The average Bonchev–Trinajstić information content (AvgIpc) is 2.70. The average molecular weight is 428 g/mol. The maximum absolute atomic E-state index is 10.2. The molecule has 0 bridgehead atoms. The van der Waals surface area contributed by atoms with Gasteiger partial charge in [-0.2, -0.15) is 0 Å². The van der Waals surface area contributed by atoms with Crippen molar-refractivity contribution in [3.05, 3.63) is 95.6 Å². The highest BCUT2D eigenvalue weighted by Gasteiger charge is 2.16. The number of anilines is 3. The van der Waals surface area contributed by atoms with Crippen molar-refractivity contribution in [2.24, 2.45) is 0 Å². The van der Waals surface area contributed by atoms with Crippen molar-refractivity contribution >= 4 is 17.1 Å². The van der Waals surface area contributed by atoms with E-state index < -0.39 is 0 Å². The van der Waals surface area contributed by atoms with Crippen LogP contribution in [0, 0.1) is 20.8 Å². The molecular formula is C27H25NO4. The number of aromatic hydroxyl groups is 3. The van der Waals surface area contributed by atoms with Crippen molar-refractivity contribution in [3.8, 4) is 28.7 Å². The van der Waals surface area contributed by atoms with Crippen LogP contribution in [0.25, 0.3) is 0 Å². The second-order valence-electron chi connectivity index (χ2n) is 7.94. The molecule has 0 saturated carbocycles. The Balaban J connectivity index is 1.82. The molecule has 32 heavy (non-hydrogen) atoms. The zero-order valence-corrected chi connectivity index (χ0v) is 18.2. The molecule has 0 aliphatic rings. The summed E-state index contributed by atoms with van der Waals surface area (Å²) in [6.07, 6.45) is 0. The number of ether oxygens (including phenoxy) is 1. The van der Waals surface area contributed by atoms with Gasteiger partial charge in [0.05, 0.1) is 11.4 Å². The largest absolute Gasteiger partial charge is 0.508 e. The minimum absolute atomic E-state index is 0.133. The number of benzene rings is 4. The molecule has 0 fully saturated rings. The van der Waals surface area contributed by atoms with Gasteiger partial charge in [-0.25, -0.2) is 0 Å². The van der Waals surface area contributed by atoms with Crippen LogP contribution in [0.4, 0.5) is 17.1 Å². The second kappa shape index (κ2) is 8.55. The number of hydrogen-bond donors (Lipinski definition) is 3. The van der Waals surface area contributed by atoms with Crippen LogP contribution in [0.5, 0.6) is 28.7 Å². The first-order valence-electron chi connectivity index (χ1n) is 10.3. The molecule has 5 heteroatoms. The topological polar surface area (TPSA) is 73.2 Å². The number of nitrogens with zero attached hydrogens (tertiary/aromatic N) is 1. The van der Waals surface area contributed by atoms with Crippen LogP contribution in [0.3, 0.4) is 0 Å². The summed E-state index contributed by atoms with van der Waals surface area (Å²) in [6.45, 7) is 5.74. The van der Waals surface area contributed by atoms with Crippen molar-refractivity contribution in [1.29, 1.82) is 0 Å². The van der Waals surface area contributed by atoms with Crippen LogP contribution in [0.1, 0.15) is 16.7 Å². The van der Waals surface area contributed by atoms with E-state index in [-0.39, 0.29) is 17.2 Å². The zero-order chi connectivity index (χ0) is 22.8. The Kier molecular flexibility index (Phi) is 5.65. The van der Waals surface area contributed by atoms with Crippen LogP contribution in [0.15, 0.2) is 78.9 Å². The third-order valence-electron chi connectivity index (χ3n) is 5.09. The predicted molar refractivity (Wildman–Crippen MR) is 127 cm³/mol. The minimum Gasteiger partial charge on any atom is -0.508 e. The van der Waals surface area contributed by atoms with Crippen molar-refractivity contribution in [2.75, 3.05) is 4.90 Å². The third-order valence-corrected chi connectivity index (χ3v) is 5.09. The van der Waals surface area contributed by atoms with Crippen molar-refractivity contribution in [2.45, 2.75) is 20.8 Å². The summed E-state index contributed by atoms with van der Waals surface area (Å²) in [4.78, 5) is 1.95. The molecule has 4 aromatic rings. The predicted octanol–water partition coefficient (Wildman–Crippen LogP) is 6.99. The van der Waals surface area contributed by atoms with E-state index in [1.807, 2.05) is 62.1 Å². The molecule has 0 unspecified atom stereocenters. The van der Waals surface area contributed by atoms with Crippen LogP contribution < -0.4 is 9.64 Å². The van der Waals surface area contributed by atoms with Crippen LogP contribution in [-0.4, -0.2) is 15.3 Å². The number of hydrogen-bond acceptors (Lipinski definition) is 5. The first-order chi connectivity index (χ1) is 15.3. The van der Waals surface area contributed by atoms with Gasteiger partial charge in [0, 0.05) is 30.0 Å². The molecule has 4 rings (SSSR count). The molecule has 0 aliphatic heterocycles. The van der Waals surface area contributed by atoms with Crippen molar-refractivity contribution in [3.63, 3.8) is 0 Å². The monoisotopic (exact) mass is 427 g/mol. The standard InChI is InChI=1S/C27H25NO4/c1-17-9-21(13-24(30)11-17)28(22-10-18(2)12-25(31)14-22)20-5-4-6-26(15-20)32-27-16-23(29)8-7-19(27)3/h4-16,29-31H,1-3H3. The fraction of sp³-hybridized carbons (Fsp3) is 0.111. The van der Waals surface area contributed by atoms with E-state index in [2.05, 4.69) is 0 Å². The van der Waals surface area contributed by atoms with Crippen LogP contribution in [0.2, 0.25) is 0 Å². The molecule has 4 aromatic carbocycles. The van der Waals surface area contributed by atoms with Gasteiger partial charge >= 0.3 is 0 Å². The van der Waals surface area contributed by atoms with Gasteiger partial charge in [0.1, 0.15) is 28.7 Å². The molecule has 0 radical (unpaired) electrons. The number of aryl methyl sites for hydroxylation is 3. The lowest BCUT2D eigenvalue weighted by atomic mass is 10.1. The van der Waals surface area contributed by atoms with E-state index in [0.717, 1.165) is 33.8 Å². The molecule has 5 nitrogen and oxygen atoms in total. The Labute approximate surface area is 187 Å². The Hall–Kier alpha value is -4.12. The number of rotatable bonds is 5. The SMILES string of the molecule is Cc1cc(O)cc(N(c2cc(C)cc(O)c2)c2cccc(Oc3cc(O)ccc3C)c2)c1. The Bertz CT molecular complexity index is 1190. The summed E-state index contributed by atoms with van der Waals surface area (Å²) < 4.78 is 6.06. The van der Waals surface area contributed by atoms with Gasteiger partial charge in [0.2, 0.25) is 0 Å². The lowest BCUT2D eigenvalue weighted by Crippen LogP contribution is -2.10. The summed E-state index contributed by atoms with van der Waals surface area (Å²) in [5, 5.41) is 30.3. The summed E-state index contributed by atoms with van der Waals surface area (Å²) >= 11 is 0. The first kappa shape index (κ1) is 21.1. The second-order valence-corrected chi connectivity index (χ2v) is 7.94. The highest BCUT2D eigenvalue weighted by atomic mass is 16.5. The van der Waals surface area contributed by atoms with Gasteiger partial charge in [0.15, 0.2) is 0 Å². The lowest BCUT2D eigenvalue weighted by molar-refractivity contribution is 0.453. The molecule has 0 spiro atoms. The fourth-order valence-corrected chi connectivity index (χ4v) is 3.70. The maximum atomic E-state index is 10.2. The Morgan fingerprint density at radius 1 is 0.594 bits per heavy atom. The van der Waals surface area contributed by atoms with Crippen LogP contribution >= 0.6 is 0 Å². The highest BCUT2D eigenvalue weighted by molar-refractivity contribution is 5.79. The normalized spacial score (nSPS) is 10.7.